The lowest BCUT2D eigenvalue weighted by Gasteiger charge is -2.08. The zero-order valence-electron chi connectivity index (χ0n) is 7.39. The summed E-state index contributed by atoms with van der Waals surface area (Å²) in [5.41, 5.74) is 0. The highest BCUT2D eigenvalue weighted by Gasteiger charge is 2.37. The molecule has 0 bridgehead atoms. The normalized spacial score (nSPS) is 12.1. The molecule has 0 saturated carbocycles. The zero-order chi connectivity index (χ0) is 10.1. The number of aryl methyl sites for hydroxylation is 1. The molecule has 0 aliphatic rings. The molecule has 0 amide bonds. The van der Waals surface area contributed by atoms with Gasteiger partial charge in [0.25, 0.3) is 0 Å². The SMILES string of the molecule is CCc1nnc(C(F)(F)F)n1CC. The number of aromatic nitrogens is 3. The molecular formula is C7H10F3N3. The average Bonchev–Trinajstić information content (AvgIpc) is 2.45. The first-order valence-electron chi connectivity index (χ1n) is 4.00. The van der Waals surface area contributed by atoms with Crippen molar-refractivity contribution in [1.82, 2.24) is 14.8 Å². The lowest BCUT2D eigenvalue weighted by molar-refractivity contribution is -0.147. The number of hydrogen-bond acceptors (Lipinski definition) is 2. The van der Waals surface area contributed by atoms with Gasteiger partial charge in [0.05, 0.1) is 0 Å². The molecule has 0 fully saturated rings. The van der Waals surface area contributed by atoms with E-state index >= 15 is 0 Å². The molecule has 3 nitrogen and oxygen atoms in total. The summed E-state index contributed by atoms with van der Waals surface area (Å²) in [6, 6.07) is 0. The van der Waals surface area contributed by atoms with E-state index in [1.807, 2.05) is 0 Å². The van der Waals surface area contributed by atoms with Crippen molar-refractivity contribution >= 4 is 0 Å². The second kappa shape index (κ2) is 3.35. The van der Waals surface area contributed by atoms with E-state index in [2.05, 4.69) is 10.2 Å². The molecule has 1 aromatic rings. The van der Waals surface area contributed by atoms with Gasteiger partial charge in [0.2, 0.25) is 5.82 Å². The van der Waals surface area contributed by atoms with Crippen LogP contribution in [0.4, 0.5) is 13.2 Å². The van der Waals surface area contributed by atoms with Crippen LogP contribution in [0.5, 0.6) is 0 Å². The van der Waals surface area contributed by atoms with Crippen molar-refractivity contribution in [2.24, 2.45) is 0 Å². The Kier molecular flexibility index (Phi) is 2.58. The van der Waals surface area contributed by atoms with Crippen LogP contribution in [-0.4, -0.2) is 14.8 Å². The first-order valence-corrected chi connectivity index (χ1v) is 4.00. The summed E-state index contributed by atoms with van der Waals surface area (Å²) in [5.74, 6) is -0.540. The molecule has 0 aromatic carbocycles. The predicted octanol–water partition coefficient (Wildman–Crippen LogP) is 1.88. The average molecular weight is 193 g/mol. The molecule has 0 saturated heterocycles. The molecule has 74 valence electrons. The summed E-state index contributed by atoms with van der Waals surface area (Å²) in [6.45, 7) is 3.62. The van der Waals surface area contributed by atoms with Gasteiger partial charge in [0.15, 0.2) is 0 Å². The third-order valence-electron chi connectivity index (χ3n) is 1.71. The largest absolute Gasteiger partial charge is 0.451 e. The van der Waals surface area contributed by atoms with Crippen LogP contribution in [0.1, 0.15) is 25.5 Å². The van der Waals surface area contributed by atoms with Crippen molar-refractivity contribution in [3.8, 4) is 0 Å². The molecule has 1 rings (SSSR count). The Hall–Kier alpha value is -1.07. The van der Waals surface area contributed by atoms with Crippen LogP contribution in [0, 0.1) is 0 Å². The highest BCUT2D eigenvalue weighted by Crippen LogP contribution is 2.27. The van der Waals surface area contributed by atoms with E-state index < -0.39 is 12.0 Å². The van der Waals surface area contributed by atoms with Crippen LogP contribution in [-0.2, 0) is 19.1 Å². The van der Waals surface area contributed by atoms with E-state index in [1.54, 1.807) is 13.8 Å². The summed E-state index contributed by atoms with van der Waals surface area (Å²) in [5, 5.41) is 6.58. The quantitative estimate of drug-likeness (QED) is 0.717. The van der Waals surface area contributed by atoms with E-state index in [4.69, 9.17) is 0 Å². The Morgan fingerprint density at radius 2 is 1.85 bits per heavy atom. The van der Waals surface area contributed by atoms with Gasteiger partial charge in [-0.2, -0.15) is 13.2 Å². The van der Waals surface area contributed by atoms with Crippen molar-refractivity contribution in [2.75, 3.05) is 0 Å². The van der Waals surface area contributed by atoms with Gasteiger partial charge in [0, 0.05) is 13.0 Å². The number of rotatable bonds is 2. The maximum Gasteiger partial charge on any atom is 0.451 e. The van der Waals surface area contributed by atoms with Gasteiger partial charge in [-0.25, -0.2) is 0 Å². The van der Waals surface area contributed by atoms with Gasteiger partial charge in [-0.3, -0.25) is 0 Å². The molecule has 0 aliphatic carbocycles. The number of alkyl halides is 3. The van der Waals surface area contributed by atoms with Crippen molar-refractivity contribution in [3.05, 3.63) is 11.6 Å². The minimum absolute atomic E-state index is 0.241. The Bertz CT molecular complexity index is 290. The van der Waals surface area contributed by atoms with Crippen LogP contribution in [0.25, 0.3) is 0 Å². The molecule has 6 heteroatoms. The monoisotopic (exact) mass is 193 g/mol. The molecule has 0 atom stereocenters. The fraction of sp³-hybridized carbons (Fsp3) is 0.714. The molecule has 1 aromatic heterocycles. The van der Waals surface area contributed by atoms with E-state index in [9.17, 15) is 13.2 Å². The molecule has 0 unspecified atom stereocenters. The van der Waals surface area contributed by atoms with Crippen LogP contribution in [0.2, 0.25) is 0 Å². The molecule has 1 heterocycles. The molecule has 0 N–H and O–H groups in total. The predicted molar refractivity (Wildman–Crippen MR) is 40.1 cm³/mol. The highest BCUT2D eigenvalue weighted by atomic mass is 19.4. The van der Waals surface area contributed by atoms with Crippen LogP contribution in [0.3, 0.4) is 0 Å². The van der Waals surface area contributed by atoms with Crippen molar-refractivity contribution in [1.29, 1.82) is 0 Å². The first kappa shape index (κ1) is 10.0. The third-order valence-corrected chi connectivity index (χ3v) is 1.71. The Labute approximate surface area is 73.6 Å². The van der Waals surface area contributed by atoms with Crippen LogP contribution >= 0.6 is 0 Å². The molecule has 0 spiro atoms. The topological polar surface area (TPSA) is 30.7 Å². The minimum Gasteiger partial charge on any atom is -0.308 e. The van der Waals surface area contributed by atoms with Gasteiger partial charge in [-0.1, -0.05) is 6.92 Å². The van der Waals surface area contributed by atoms with Gasteiger partial charge in [0.1, 0.15) is 5.82 Å². The van der Waals surface area contributed by atoms with Crippen molar-refractivity contribution < 1.29 is 13.2 Å². The number of halogens is 3. The maximum absolute atomic E-state index is 12.3. The van der Waals surface area contributed by atoms with Gasteiger partial charge in [-0.05, 0) is 6.92 Å². The Morgan fingerprint density at radius 3 is 2.23 bits per heavy atom. The highest BCUT2D eigenvalue weighted by molar-refractivity contribution is 4.99. The second-order valence-corrected chi connectivity index (χ2v) is 2.54. The lowest BCUT2D eigenvalue weighted by atomic mass is 10.4. The van der Waals surface area contributed by atoms with E-state index in [-0.39, 0.29) is 6.54 Å². The van der Waals surface area contributed by atoms with E-state index in [0.717, 1.165) is 4.57 Å². The molecule has 13 heavy (non-hydrogen) atoms. The summed E-state index contributed by atoms with van der Waals surface area (Å²) < 4.78 is 37.9. The number of nitrogens with zero attached hydrogens (tertiary/aromatic N) is 3. The molecular weight excluding hydrogens is 183 g/mol. The lowest BCUT2D eigenvalue weighted by Crippen LogP contribution is -2.15. The summed E-state index contributed by atoms with van der Waals surface area (Å²) in [7, 11) is 0. The maximum atomic E-state index is 12.3. The van der Waals surface area contributed by atoms with Crippen LogP contribution in [0.15, 0.2) is 0 Å². The first-order chi connectivity index (χ1) is 6.00. The third kappa shape index (κ3) is 1.81. The fourth-order valence-corrected chi connectivity index (χ4v) is 1.14. The Balaban J connectivity index is 3.16. The second-order valence-electron chi connectivity index (χ2n) is 2.54. The summed E-state index contributed by atoms with van der Waals surface area (Å²) in [4.78, 5) is 0. The van der Waals surface area contributed by atoms with Crippen LogP contribution < -0.4 is 0 Å². The fourth-order valence-electron chi connectivity index (χ4n) is 1.14. The Morgan fingerprint density at radius 1 is 1.23 bits per heavy atom. The zero-order valence-corrected chi connectivity index (χ0v) is 7.39. The smallest absolute Gasteiger partial charge is 0.308 e. The van der Waals surface area contributed by atoms with Gasteiger partial charge in [-0.15, -0.1) is 10.2 Å². The molecule has 0 aliphatic heterocycles. The summed E-state index contributed by atoms with van der Waals surface area (Å²) >= 11 is 0. The molecule has 0 radical (unpaired) electrons. The standard InChI is InChI=1S/C7H10F3N3/c1-3-5-11-12-6(7(8,9)10)13(5)4-2/h3-4H2,1-2H3. The van der Waals surface area contributed by atoms with Gasteiger partial charge < -0.3 is 4.57 Å². The van der Waals surface area contributed by atoms with Gasteiger partial charge >= 0.3 is 6.18 Å². The number of hydrogen-bond donors (Lipinski definition) is 0. The van der Waals surface area contributed by atoms with Crippen molar-refractivity contribution in [3.63, 3.8) is 0 Å². The van der Waals surface area contributed by atoms with E-state index in [1.165, 1.54) is 0 Å². The minimum atomic E-state index is -4.41. The van der Waals surface area contributed by atoms with E-state index in [0.29, 0.717) is 12.2 Å². The van der Waals surface area contributed by atoms with Crippen molar-refractivity contribution in [2.45, 2.75) is 33.0 Å². The summed E-state index contributed by atoms with van der Waals surface area (Å²) in [6.07, 6.45) is -3.95.